The lowest BCUT2D eigenvalue weighted by Crippen LogP contribution is -2.45. The van der Waals surface area contributed by atoms with Gasteiger partial charge < -0.3 is 21.5 Å². The maximum atomic E-state index is 11.4. The number of hydrogen-bond acceptors (Lipinski definition) is 4. The van der Waals surface area contributed by atoms with Gasteiger partial charge in [-0.2, -0.15) is 0 Å². The van der Waals surface area contributed by atoms with E-state index in [0.29, 0.717) is 5.69 Å². The minimum atomic E-state index is -1.36. The molecule has 8 heteroatoms. The second-order valence-corrected chi connectivity index (χ2v) is 3.40. The molecule has 0 aliphatic carbocycles. The van der Waals surface area contributed by atoms with E-state index in [1.165, 1.54) is 12.4 Å². The number of aromatic nitrogens is 1. The van der Waals surface area contributed by atoms with Gasteiger partial charge in [-0.05, 0) is 12.1 Å². The van der Waals surface area contributed by atoms with Crippen LogP contribution in [0.2, 0.25) is 0 Å². The Morgan fingerprint density at radius 1 is 1.44 bits per heavy atom. The number of carbonyl (C=O) groups is 3. The summed E-state index contributed by atoms with van der Waals surface area (Å²) in [6.45, 7) is 0. The Kier molecular flexibility index (Phi) is 4.61. The Labute approximate surface area is 102 Å². The second-order valence-electron chi connectivity index (χ2n) is 3.40. The summed E-state index contributed by atoms with van der Waals surface area (Å²) < 4.78 is 0. The summed E-state index contributed by atoms with van der Waals surface area (Å²) >= 11 is 0. The van der Waals surface area contributed by atoms with E-state index in [4.69, 9.17) is 10.8 Å². The van der Waals surface area contributed by atoms with E-state index in [1.807, 2.05) is 0 Å². The number of hydrogen-bond donors (Lipinski definition) is 4. The highest BCUT2D eigenvalue weighted by molar-refractivity contribution is 5.93. The number of rotatable bonds is 5. The highest BCUT2D eigenvalue weighted by atomic mass is 16.4. The van der Waals surface area contributed by atoms with Gasteiger partial charge >= 0.3 is 12.0 Å². The number of amides is 3. The van der Waals surface area contributed by atoms with Crippen molar-refractivity contribution in [3.05, 3.63) is 24.5 Å². The largest absolute Gasteiger partial charge is 0.480 e. The van der Waals surface area contributed by atoms with E-state index in [-0.39, 0.29) is 0 Å². The fourth-order valence-electron chi connectivity index (χ4n) is 1.16. The minimum absolute atomic E-state index is 0.401. The minimum Gasteiger partial charge on any atom is -0.480 e. The fraction of sp³-hybridized carbons (Fsp3) is 0.200. The fourth-order valence-corrected chi connectivity index (χ4v) is 1.16. The van der Waals surface area contributed by atoms with Crippen molar-refractivity contribution in [1.82, 2.24) is 10.3 Å². The van der Waals surface area contributed by atoms with Gasteiger partial charge in [0.25, 0.3) is 0 Å². The van der Waals surface area contributed by atoms with E-state index >= 15 is 0 Å². The molecule has 1 atom stereocenters. The number of carboxylic acid groups (broad SMARTS) is 1. The van der Waals surface area contributed by atoms with E-state index in [1.54, 1.807) is 12.1 Å². The molecule has 8 nitrogen and oxygen atoms in total. The van der Waals surface area contributed by atoms with Crippen LogP contribution in [0.4, 0.5) is 10.5 Å². The highest BCUT2D eigenvalue weighted by Gasteiger charge is 2.21. The molecule has 0 aliphatic heterocycles. The summed E-state index contributed by atoms with van der Waals surface area (Å²) in [7, 11) is 0. The normalized spacial score (nSPS) is 11.3. The molecule has 0 aromatic carbocycles. The molecule has 0 saturated heterocycles. The van der Waals surface area contributed by atoms with Gasteiger partial charge in [0.1, 0.15) is 6.04 Å². The van der Waals surface area contributed by atoms with Gasteiger partial charge in [0, 0.05) is 6.20 Å². The quantitative estimate of drug-likeness (QED) is 0.562. The molecule has 0 fully saturated rings. The Hall–Kier alpha value is -2.64. The number of aliphatic carboxylic acids is 1. The molecule has 96 valence electrons. The van der Waals surface area contributed by atoms with E-state index in [2.05, 4.69) is 15.6 Å². The molecule has 0 unspecified atom stereocenters. The summed E-state index contributed by atoms with van der Waals surface area (Å²) in [5.41, 5.74) is 5.28. The Morgan fingerprint density at radius 3 is 2.67 bits per heavy atom. The van der Waals surface area contributed by atoms with Crippen LogP contribution in [-0.4, -0.2) is 34.0 Å². The van der Waals surface area contributed by atoms with Crippen molar-refractivity contribution in [3.8, 4) is 0 Å². The van der Waals surface area contributed by atoms with Crippen molar-refractivity contribution in [2.45, 2.75) is 12.5 Å². The molecule has 1 rings (SSSR count). The van der Waals surface area contributed by atoms with Crippen molar-refractivity contribution < 1.29 is 19.5 Å². The number of nitrogens with one attached hydrogen (secondary N) is 2. The summed E-state index contributed by atoms with van der Waals surface area (Å²) in [4.78, 5) is 36.6. The van der Waals surface area contributed by atoms with Crippen LogP contribution in [0.15, 0.2) is 24.5 Å². The first-order chi connectivity index (χ1) is 8.49. The third kappa shape index (κ3) is 4.47. The van der Waals surface area contributed by atoms with Gasteiger partial charge in [0.15, 0.2) is 0 Å². The molecule has 0 spiro atoms. The number of nitrogens with zero attached hydrogens (tertiary/aromatic N) is 1. The molecule has 3 amide bonds. The highest BCUT2D eigenvalue weighted by Crippen LogP contribution is 2.02. The lowest BCUT2D eigenvalue weighted by atomic mass is 10.2. The standard InChI is InChI=1S/C10H12N4O4/c11-8(15)4-7(9(16)17)14-10(18)13-6-2-1-3-12-5-6/h1-3,5,7H,4H2,(H2,11,15)(H,16,17)(H2,13,14,18)/t7-/m1/s1. The van der Waals surface area contributed by atoms with E-state index in [9.17, 15) is 14.4 Å². The van der Waals surface area contributed by atoms with Crippen LogP contribution in [0.25, 0.3) is 0 Å². The number of nitrogens with two attached hydrogens (primary N) is 1. The summed E-state index contributed by atoms with van der Waals surface area (Å²) in [5.74, 6) is -2.15. The van der Waals surface area contributed by atoms with Crippen molar-refractivity contribution in [2.24, 2.45) is 5.73 Å². The number of carbonyl (C=O) groups excluding carboxylic acids is 2. The van der Waals surface area contributed by atoms with Gasteiger partial charge in [0.2, 0.25) is 5.91 Å². The Morgan fingerprint density at radius 2 is 2.17 bits per heavy atom. The lowest BCUT2D eigenvalue weighted by Gasteiger charge is -2.13. The molecule has 0 radical (unpaired) electrons. The number of urea groups is 1. The average molecular weight is 252 g/mol. The van der Waals surface area contributed by atoms with Crippen molar-refractivity contribution in [1.29, 1.82) is 0 Å². The average Bonchev–Trinajstić information content (AvgIpc) is 2.28. The molecule has 1 aromatic heterocycles. The summed E-state index contributed by atoms with van der Waals surface area (Å²) in [6, 6.07) is 1.07. The molecule has 1 aromatic rings. The molecule has 18 heavy (non-hydrogen) atoms. The first-order valence-corrected chi connectivity index (χ1v) is 4.97. The number of anilines is 1. The van der Waals surface area contributed by atoms with Crippen LogP contribution in [0.5, 0.6) is 0 Å². The monoisotopic (exact) mass is 252 g/mol. The molecule has 0 bridgehead atoms. The van der Waals surface area contributed by atoms with Crippen LogP contribution in [0.3, 0.4) is 0 Å². The zero-order chi connectivity index (χ0) is 13.5. The van der Waals surface area contributed by atoms with Crippen molar-refractivity contribution >= 4 is 23.6 Å². The predicted octanol–water partition coefficient (Wildman–Crippen LogP) is -0.468. The zero-order valence-electron chi connectivity index (χ0n) is 9.29. The van der Waals surface area contributed by atoms with Crippen molar-refractivity contribution in [3.63, 3.8) is 0 Å². The number of primary amides is 1. The molecule has 0 aliphatic rings. The topological polar surface area (TPSA) is 134 Å². The van der Waals surface area contributed by atoms with Crippen LogP contribution >= 0.6 is 0 Å². The van der Waals surface area contributed by atoms with Gasteiger partial charge in [-0.25, -0.2) is 9.59 Å². The molecular weight excluding hydrogens is 240 g/mol. The van der Waals surface area contributed by atoms with Gasteiger partial charge in [0.05, 0.1) is 18.3 Å². The SMILES string of the molecule is NC(=O)C[C@@H](NC(=O)Nc1cccnc1)C(=O)O. The smallest absolute Gasteiger partial charge is 0.326 e. The number of pyridine rings is 1. The molecular formula is C10H12N4O4. The number of carboxylic acids is 1. The van der Waals surface area contributed by atoms with E-state index < -0.39 is 30.4 Å². The Balaban J connectivity index is 2.56. The van der Waals surface area contributed by atoms with Gasteiger partial charge in [-0.3, -0.25) is 9.78 Å². The summed E-state index contributed by atoms with van der Waals surface area (Å²) in [5, 5.41) is 13.3. The maximum absolute atomic E-state index is 11.4. The first-order valence-electron chi connectivity index (χ1n) is 4.97. The second kappa shape index (κ2) is 6.18. The van der Waals surface area contributed by atoms with E-state index in [0.717, 1.165) is 0 Å². The van der Waals surface area contributed by atoms with Gasteiger partial charge in [-0.1, -0.05) is 0 Å². The predicted molar refractivity (Wildman–Crippen MR) is 61.6 cm³/mol. The zero-order valence-corrected chi connectivity index (χ0v) is 9.29. The third-order valence-corrected chi connectivity index (χ3v) is 1.93. The van der Waals surface area contributed by atoms with Crippen LogP contribution < -0.4 is 16.4 Å². The van der Waals surface area contributed by atoms with Gasteiger partial charge in [-0.15, -0.1) is 0 Å². The van der Waals surface area contributed by atoms with Crippen LogP contribution in [0.1, 0.15) is 6.42 Å². The first kappa shape index (κ1) is 13.4. The van der Waals surface area contributed by atoms with Crippen LogP contribution in [-0.2, 0) is 9.59 Å². The van der Waals surface area contributed by atoms with Crippen molar-refractivity contribution in [2.75, 3.05) is 5.32 Å². The molecule has 0 saturated carbocycles. The maximum Gasteiger partial charge on any atom is 0.326 e. The molecule has 5 N–H and O–H groups in total. The Bertz CT molecular complexity index is 448. The van der Waals surface area contributed by atoms with Crippen LogP contribution in [0, 0.1) is 0 Å². The lowest BCUT2D eigenvalue weighted by molar-refractivity contribution is -0.140. The molecule has 1 heterocycles. The summed E-state index contributed by atoms with van der Waals surface area (Å²) in [6.07, 6.45) is 2.44. The third-order valence-electron chi connectivity index (χ3n) is 1.93.